The summed E-state index contributed by atoms with van der Waals surface area (Å²) < 4.78 is 38.3. The van der Waals surface area contributed by atoms with E-state index in [9.17, 15) is 13.2 Å². The van der Waals surface area contributed by atoms with Gasteiger partial charge in [-0.1, -0.05) is 35.5 Å². The van der Waals surface area contributed by atoms with Gasteiger partial charge in [0.1, 0.15) is 11.5 Å². The molecule has 2 aliphatic heterocycles. The second-order valence-electron chi connectivity index (χ2n) is 7.31. The second kappa shape index (κ2) is 9.68. The summed E-state index contributed by atoms with van der Waals surface area (Å²) in [6.45, 7) is 3.44. The lowest BCUT2D eigenvalue weighted by Crippen LogP contribution is -2.40. The SMILES string of the molecule is CCOc1ccc(S(=O)(=O)N2CCOCC2)cc1NC(=O)C1=NOC(c2ccccc2)C1. The van der Waals surface area contributed by atoms with Crippen molar-refractivity contribution in [3.05, 3.63) is 54.1 Å². The zero-order chi connectivity index (χ0) is 22.6. The molecule has 0 aliphatic carbocycles. The van der Waals surface area contributed by atoms with Crippen LogP contribution in [0.1, 0.15) is 25.0 Å². The first-order chi connectivity index (χ1) is 15.5. The van der Waals surface area contributed by atoms with Crippen molar-refractivity contribution < 1.29 is 27.5 Å². The smallest absolute Gasteiger partial charge is 0.273 e. The molecular formula is C22H25N3O6S. The van der Waals surface area contributed by atoms with Crippen LogP contribution in [0.3, 0.4) is 0 Å². The van der Waals surface area contributed by atoms with Crippen LogP contribution in [0.2, 0.25) is 0 Å². The number of rotatable bonds is 7. The Bertz CT molecular complexity index is 1100. The zero-order valence-corrected chi connectivity index (χ0v) is 18.5. The van der Waals surface area contributed by atoms with Crippen LogP contribution in [-0.4, -0.2) is 57.3 Å². The molecule has 32 heavy (non-hydrogen) atoms. The fraction of sp³-hybridized carbons (Fsp3) is 0.364. The average molecular weight is 460 g/mol. The topological polar surface area (TPSA) is 107 Å². The van der Waals surface area contributed by atoms with Crippen LogP contribution in [0.25, 0.3) is 0 Å². The van der Waals surface area contributed by atoms with Gasteiger partial charge in [-0.15, -0.1) is 0 Å². The molecule has 0 bridgehead atoms. The molecule has 0 spiro atoms. The third-order valence-electron chi connectivity index (χ3n) is 5.21. The zero-order valence-electron chi connectivity index (χ0n) is 17.7. The molecular weight excluding hydrogens is 434 g/mol. The third-order valence-corrected chi connectivity index (χ3v) is 7.10. The molecule has 0 radical (unpaired) electrons. The fourth-order valence-electron chi connectivity index (χ4n) is 3.54. The van der Waals surface area contributed by atoms with Crippen molar-refractivity contribution in [3.8, 4) is 5.75 Å². The van der Waals surface area contributed by atoms with Crippen molar-refractivity contribution in [1.29, 1.82) is 0 Å². The summed E-state index contributed by atoms with van der Waals surface area (Å²) in [5.41, 5.74) is 1.41. The van der Waals surface area contributed by atoms with Crippen LogP contribution in [0.15, 0.2) is 58.6 Å². The Morgan fingerprint density at radius 3 is 2.66 bits per heavy atom. The van der Waals surface area contributed by atoms with E-state index in [1.54, 1.807) is 6.07 Å². The standard InChI is InChI=1S/C22H25N3O6S/c1-2-30-20-9-8-17(32(27,28)25-10-12-29-13-11-25)14-18(20)23-22(26)19-15-21(31-24-19)16-6-4-3-5-7-16/h3-9,14,21H,2,10-13,15H2,1H3,(H,23,26). The van der Waals surface area contributed by atoms with Crippen LogP contribution in [0.5, 0.6) is 5.75 Å². The normalized spacial score (nSPS) is 19.2. The average Bonchev–Trinajstić information content (AvgIpc) is 3.32. The van der Waals surface area contributed by atoms with Gasteiger partial charge in [-0.3, -0.25) is 4.79 Å². The number of nitrogens with one attached hydrogen (secondary N) is 1. The number of sulfonamides is 1. The first-order valence-corrected chi connectivity index (χ1v) is 11.9. The summed E-state index contributed by atoms with van der Waals surface area (Å²) in [6.07, 6.45) is -0.0256. The van der Waals surface area contributed by atoms with Crippen molar-refractivity contribution in [2.45, 2.75) is 24.3 Å². The second-order valence-corrected chi connectivity index (χ2v) is 9.25. The minimum absolute atomic E-state index is 0.0740. The predicted octanol–water partition coefficient (Wildman–Crippen LogP) is 2.56. The van der Waals surface area contributed by atoms with Crippen molar-refractivity contribution in [3.63, 3.8) is 0 Å². The quantitative estimate of drug-likeness (QED) is 0.682. The molecule has 2 heterocycles. The van der Waals surface area contributed by atoms with Gasteiger partial charge in [0.25, 0.3) is 5.91 Å². The highest BCUT2D eigenvalue weighted by atomic mass is 32.2. The Balaban J connectivity index is 1.53. The summed E-state index contributed by atoms with van der Waals surface area (Å²) >= 11 is 0. The minimum atomic E-state index is -3.72. The van der Waals surface area contributed by atoms with Crippen LogP contribution in [0.4, 0.5) is 5.69 Å². The molecule has 9 nitrogen and oxygen atoms in total. The number of nitrogens with zero attached hydrogens (tertiary/aromatic N) is 2. The fourth-order valence-corrected chi connectivity index (χ4v) is 4.97. The van der Waals surface area contributed by atoms with Gasteiger partial charge in [0, 0.05) is 19.5 Å². The highest BCUT2D eigenvalue weighted by molar-refractivity contribution is 7.89. The van der Waals surface area contributed by atoms with E-state index in [0.717, 1.165) is 5.56 Å². The van der Waals surface area contributed by atoms with E-state index in [1.165, 1.54) is 16.4 Å². The van der Waals surface area contributed by atoms with Crippen molar-refractivity contribution in [2.75, 3.05) is 38.2 Å². The number of hydrogen-bond donors (Lipinski definition) is 1. The summed E-state index contributed by atoms with van der Waals surface area (Å²) in [4.78, 5) is 18.4. The number of oxime groups is 1. The van der Waals surface area contributed by atoms with E-state index < -0.39 is 15.9 Å². The molecule has 1 saturated heterocycles. The lowest BCUT2D eigenvalue weighted by Gasteiger charge is -2.26. The molecule has 2 aromatic carbocycles. The van der Waals surface area contributed by atoms with Gasteiger partial charge < -0.3 is 19.6 Å². The Kier molecular flexibility index (Phi) is 6.73. The molecule has 0 aromatic heterocycles. The largest absolute Gasteiger partial charge is 0.492 e. The van der Waals surface area contributed by atoms with E-state index in [4.69, 9.17) is 14.3 Å². The molecule has 1 amide bonds. The number of benzene rings is 2. The molecule has 1 atom stereocenters. The molecule has 2 aromatic rings. The van der Waals surface area contributed by atoms with Crippen molar-refractivity contribution >= 4 is 27.3 Å². The first kappa shape index (κ1) is 22.3. The van der Waals surface area contributed by atoms with Gasteiger partial charge in [0.2, 0.25) is 10.0 Å². The molecule has 1 unspecified atom stereocenters. The van der Waals surface area contributed by atoms with Crippen LogP contribution in [0, 0.1) is 0 Å². The number of anilines is 1. The Morgan fingerprint density at radius 2 is 1.94 bits per heavy atom. The van der Waals surface area contributed by atoms with Crippen LogP contribution < -0.4 is 10.1 Å². The Labute approximate surface area is 187 Å². The number of carbonyl (C=O) groups excluding carboxylic acids is 1. The monoisotopic (exact) mass is 459 g/mol. The summed E-state index contributed by atoms with van der Waals surface area (Å²) in [7, 11) is -3.72. The van der Waals surface area contributed by atoms with Crippen molar-refractivity contribution in [1.82, 2.24) is 4.31 Å². The van der Waals surface area contributed by atoms with E-state index in [-0.39, 0.29) is 35.5 Å². The van der Waals surface area contributed by atoms with Crippen LogP contribution >= 0.6 is 0 Å². The molecule has 10 heteroatoms. The first-order valence-electron chi connectivity index (χ1n) is 10.4. The van der Waals surface area contributed by atoms with Gasteiger partial charge in [-0.05, 0) is 30.7 Å². The van der Waals surface area contributed by atoms with Gasteiger partial charge in [0.05, 0.1) is 30.4 Å². The van der Waals surface area contributed by atoms with E-state index in [0.29, 0.717) is 32.0 Å². The molecule has 1 fully saturated rings. The predicted molar refractivity (Wildman–Crippen MR) is 118 cm³/mol. The lowest BCUT2D eigenvalue weighted by atomic mass is 10.0. The van der Waals surface area contributed by atoms with Gasteiger partial charge in [-0.2, -0.15) is 4.31 Å². The highest BCUT2D eigenvalue weighted by Gasteiger charge is 2.30. The third kappa shape index (κ3) is 4.77. The summed E-state index contributed by atoms with van der Waals surface area (Å²) in [6, 6.07) is 14.0. The number of amides is 1. The van der Waals surface area contributed by atoms with Crippen molar-refractivity contribution in [2.24, 2.45) is 5.16 Å². The molecule has 0 saturated carbocycles. The van der Waals surface area contributed by atoms with Gasteiger partial charge >= 0.3 is 0 Å². The summed E-state index contributed by atoms with van der Waals surface area (Å²) in [5, 5.41) is 6.68. The van der Waals surface area contributed by atoms with E-state index >= 15 is 0 Å². The maximum absolute atomic E-state index is 13.0. The maximum Gasteiger partial charge on any atom is 0.273 e. The molecule has 1 N–H and O–H groups in total. The number of morpholine rings is 1. The maximum atomic E-state index is 13.0. The lowest BCUT2D eigenvalue weighted by molar-refractivity contribution is -0.110. The number of ether oxygens (including phenoxy) is 2. The van der Waals surface area contributed by atoms with Gasteiger partial charge in [-0.25, -0.2) is 8.42 Å². The highest BCUT2D eigenvalue weighted by Crippen LogP contribution is 2.31. The van der Waals surface area contributed by atoms with E-state index in [1.807, 2.05) is 37.3 Å². The molecule has 170 valence electrons. The molecule has 4 rings (SSSR count). The Morgan fingerprint density at radius 1 is 1.19 bits per heavy atom. The van der Waals surface area contributed by atoms with E-state index in [2.05, 4.69) is 10.5 Å². The molecule has 2 aliphatic rings. The summed E-state index contributed by atoms with van der Waals surface area (Å²) in [5.74, 6) is -0.0915. The van der Waals surface area contributed by atoms with Gasteiger partial charge in [0.15, 0.2) is 6.10 Å². The van der Waals surface area contributed by atoms with Crippen LogP contribution in [-0.2, 0) is 24.4 Å². The minimum Gasteiger partial charge on any atom is -0.492 e. The number of hydrogen-bond acceptors (Lipinski definition) is 7. The number of carbonyl (C=O) groups is 1. The Hall–Kier alpha value is -2.95.